The molecule has 8 heteroatoms. The summed E-state index contributed by atoms with van der Waals surface area (Å²) in [4.78, 5) is 2.32. The molecule has 1 aromatic rings. The Morgan fingerprint density at radius 2 is 2.00 bits per heavy atom. The fourth-order valence-corrected chi connectivity index (χ4v) is 4.56. The van der Waals surface area contributed by atoms with Crippen LogP contribution >= 0.6 is 27.5 Å². The molecule has 0 bridgehead atoms. The van der Waals surface area contributed by atoms with Crippen molar-refractivity contribution in [2.45, 2.75) is 24.3 Å². The lowest BCUT2D eigenvalue weighted by atomic mass is 10.0. The van der Waals surface area contributed by atoms with E-state index in [9.17, 15) is 8.42 Å². The van der Waals surface area contributed by atoms with E-state index in [-0.39, 0.29) is 15.5 Å². The zero-order valence-electron chi connectivity index (χ0n) is 12.6. The molecule has 0 saturated carbocycles. The quantitative estimate of drug-likeness (QED) is 0.809. The molecule has 1 aromatic carbocycles. The minimum absolute atomic E-state index is 0.0927. The zero-order chi connectivity index (χ0) is 16.4. The van der Waals surface area contributed by atoms with Crippen molar-refractivity contribution in [1.29, 1.82) is 0 Å². The molecule has 0 atom stereocenters. The van der Waals surface area contributed by atoms with Gasteiger partial charge in [0.25, 0.3) is 0 Å². The Labute approximate surface area is 145 Å². The van der Waals surface area contributed by atoms with Crippen molar-refractivity contribution in [3.8, 4) is 0 Å². The number of sulfonamides is 1. The molecule has 1 N–H and O–H groups in total. The number of nitrogens with zero attached hydrogens (tertiary/aromatic N) is 1. The predicted octanol–water partition coefficient (Wildman–Crippen LogP) is 2.49. The molecule has 0 aromatic heterocycles. The molecular weight excluding hydrogens is 392 g/mol. The van der Waals surface area contributed by atoms with Crippen LogP contribution in [0.5, 0.6) is 0 Å². The van der Waals surface area contributed by atoms with Gasteiger partial charge in [0.2, 0.25) is 10.0 Å². The summed E-state index contributed by atoms with van der Waals surface area (Å²) in [7, 11) is -3.64. The van der Waals surface area contributed by atoms with E-state index in [2.05, 4.69) is 25.6 Å². The second-order valence-electron chi connectivity index (χ2n) is 5.81. The van der Waals surface area contributed by atoms with Crippen LogP contribution < -0.4 is 4.72 Å². The summed E-state index contributed by atoms with van der Waals surface area (Å²) in [5, 5.41) is 0.200. The zero-order valence-corrected chi connectivity index (χ0v) is 15.8. The van der Waals surface area contributed by atoms with Gasteiger partial charge >= 0.3 is 0 Å². The van der Waals surface area contributed by atoms with Gasteiger partial charge in [-0.2, -0.15) is 0 Å². The first-order valence-electron chi connectivity index (χ1n) is 7.00. The minimum atomic E-state index is -3.64. The second kappa shape index (κ2) is 7.15. The van der Waals surface area contributed by atoms with Crippen molar-refractivity contribution >= 4 is 37.6 Å². The van der Waals surface area contributed by atoms with Gasteiger partial charge in [-0.05, 0) is 32.0 Å². The maximum absolute atomic E-state index is 12.4. The van der Waals surface area contributed by atoms with Gasteiger partial charge in [0, 0.05) is 29.6 Å². The number of hydrogen-bond donors (Lipinski definition) is 1. The second-order valence-corrected chi connectivity index (χ2v) is 8.87. The fraction of sp³-hybridized carbons (Fsp3) is 0.571. The molecule has 1 heterocycles. The normalized spacial score (nSPS) is 17.6. The number of ether oxygens (including phenoxy) is 1. The summed E-state index contributed by atoms with van der Waals surface area (Å²) >= 11 is 9.30. The Morgan fingerprint density at radius 1 is 1.36 bits per heavy atom. The summed E-state index contributed by atoms with van der Waals surface area (Å²) in [5.41, 5.74) is -0.293. The van der Waals surface area contributed by atoms with Crippen LogP contribution in [0.3, 0.4) is 0 Å². The Balaban J connectivity index is 2.08. The van der Waals surface area contributed by atoms with E-state index >= 15 is 0 Å². The summed E-state index contributed by atoms with van der Waals surface area (Å²) in [6.07, 6.45) is 0. The van der Waals surface area contributed by atoms with Gasteiger partial charge in [-0.15, -0.1) is 0 Å². The van der Waals surface area contributed by atoms with Crippen molar-refractivity contribution in [2.24, 2.45) is 0 Å². The van der Waals surface area contributed by atoms with E-state index in [4.69, 9.17) is 16.3 Å². The topological polar surface area (TPSA) is 58.6 Å². The standard InChI is InChI=1S/C14H20BrClN2O3S/c1-14(2,18-5-7-21-8-6-18)10-17-22(19,20)13-4-3-11(15)9-12(13)16/h3-4,9,17H,5-8,10H2,1-2H3. The first-order chi connectivity index (χ1) is 10.2. The molecule has 0 aliphatic carbocycles. The summed E-state index contributed by atoms with van der Waals surface area (Å²) in [5.74, 6) is 0. The molecule has 22 heavy (non-hydrogen) atoms. The maximum Gasteiger partial charge on any atom is 0.242 e. The molecule has 1 fully saturated rings. The maximum atomic E-state index is 12.4. The number of halogens is 2. The van der Waals surface area contributed by atoms with Crippen LogP contribution in [0.4, 0.5) is 0 Å². The van der Waals surface area contributed by atoms with Crippen LogP contribution in [0.15, 0.2) is 27.6 Å². The fourth-order valence-electron chi connectivity index (χ4n) is 2.32. The third kappa shape index (κ3) is 4.43. The molecular formula is C14H20BrClN2O3S. The van der Waals surface area contributed by atoms with E-state index < -0.39 is 10.0 Å². The van der Waals surface area contributed by atoms with E-state index in [0.29, 0.717) is 19.8 Å². The summed E-state index contributed by atoms with van der Waals surface area (Å²) in [6, 6.07) is 4.73. The molecule has 2 rings (SSSR count). The molecule has 0 radical (unpaired) electrons. The average Bonchev–Trinajstić information content (AvgIpc) is 2.46. The number of morpholine rings is 1. The molecule has 0 spiro atoms. The van der Waals surface area contributed by atoms with Gasteiger partial charge in [-0.1, -0.05) is 27.5 Å². The average molecular weight is 412 g/mol. The Kier molecular flexibility index (Phi) is 5.90. The molecule has 0 unspecified atom stereocenters. The van der Waals surface area contributed by atoms with Gasteiger partial charge in [0.05, 0.1) is 18.2 Å². The Morgan fingerprint density at radius 3 is 2.59 bits per heavy atom. The van der Waals surface area contributed by atoms with Crippen molar-refractivity contribution < 1.29 is 13.2 Å². The Hall–Kier alpha value is -0.180. The van der Waals surface area contributed by atoms with Gasteiger partial charge in [0.15, 0.2) is 0 Å². The van der Waals surface area contributed by atoms with Crippen molar-refractivity contribution in [3.63, 3.8) is 0 Å². The van der Waals surface area contributed by atoms with Crippen LogP contribution in [0.25, 0.3) is 0 Å². The first-order valence-corrected chi connectivity index (χ1v) is 9.65. The minimum Gasteiger partial charge on any atom is -0.379 e. The lowest BCUT2D eigenvalue weighted by Gasteiger charge is -2.40. The van der Waals surface area contributed by atoms with Crippen molar-refractivity contribution in [3.05, 3.63) is 27.7 Å². The SMILES string of the molecule is CC(C)(CNS(=O)(=O)c1ccc(Br)cc1Cl)N1CCOCC1. The van der Waals surface area contributed by atoms with Gasteiger partial charge < -0.3 is 4.74 Å². The number of benzene rings is 1. The lowest BCUT2D eigenvalue weighted by Crippen LogP contribution is -2.55. The Bertz CT molecular complexity index is 631. The molecule has 124 valence electrons. The molecule has 5 nitrogen and oxygen atoms in total. The first kappa shape index (κ1) is 18.2. The molecule has 1 saturated heterocycles. The van der Waals surface area contributed by atoms with Crippen LogP contribution in [0, 0.1) is 0 Å². The monoisotopic (exact) mass is 410 g/mol. The number of nitrogens with one attached hydrogen (secondary N) is 1. The van der Waals surface area contributed by atoms with Gasteiger partial charge in [-0.3, -0.25) is 4.90 Å². The van der Waals surface area contributed by atoms with Crippen molar-refractivity contribution in [1.82, 2.24) is 9.62 Å². The summed E-state index contributed by atoms with van der Waals surface area (Å²) < 4.78 is 33.6. The third-order valence-electron chi connectivity index (χ3n) is 3.75. The van der Waals surface area contributed by atoms with Crippen molar-refractivity contribution in [2.75, 3.05) is 32.8 Å². The lowest BCUT2D eigenvalue weighted by molar-refractivity contribution is -0.00803. The summed E-state index contributed by atoms with van der Waals surface area (Å²) in [6.45, 7) is 7.29. The highest BCUT2D eigenvalue weighted by Crippen LogP contribution is 2.25. The highest BCUT2D eigenvalue weighted by molar-refractivity contribution is 9.10. The number of hydrogen-bond acceptors (Lipinski definition) is 4. The van der Waals surface area contributed by atoms with E-state index in [0.717, 1.165) is 17.6 Å². The molecule has 0 amide bonds. The molecule has 1 aliphatic heterocycles. The molecule has 1 aliphatic rings. The van der Waals surface area contributed by atoms with E-state index in [1.54, 1.807) is 12.1 Å². The largest absolute Gasteiger partial charge is 0.379 e. The smallest absolute Gasteiger partial charge is 0.242 e. The van der Waals surface area contributed by atoms with E-state index in [1.165, 1.54) is 6.07 Å². The van der Waals surface area contributed by atoms with Crippen LogP contribution in [0.1, 0.15) is 13.8 Å². The highest BCUT2D eigenvalue weighted by Gasteiger charge is 2.30. The highest BCUT2D eigenvalue weighted by atomic mass is 79.9. The van der Waals surface area contributed by atoms with Gasteiger partial charge in [0.1, 0.15) is 4.90 Å². The van der Waals surface area contributed by atoms with Crippen LogP contribution in [-0.2, 0) is 14.8 Å². The van der Waals surface area contributed by atoms with Crippen LogP contribution in [-0.4, -0.2) is 51.7 Å². The van der Waals surface area contributed by atoms with Gasteiger partial charge in [-0.25, -0.2) is 13.1 Å². The third-order valence-corrected chi connectivity index (χ3v) is 6.12. The van der Waals surface area contributed by atoms with Crippen LogP contribution in [0.2, 0.25) is 5.02 Å². The predicted molar refractivity (Wildman–Crippen MR) is 90.8 cm³/mol. The van der Waals surface area contributed by atoms with E-state index in [1.807, 2.05) is 13.8 Å². The number of rotatable bonds is 5.